The van der Waals surface area contributed by atoms with E-state index < -0.39 is 0 Å². The Bertz CT molecular complexity index is 3180. The number of furan rings is 2. The lowest BCUT2D eigenvalue weighted by Gasteiger charge is -2.26. The summed E-state index contributed by atoms with van der Waals surface area (Å²) in [5.41, 5.74) is 13.5. The summed E-state index contributed by atoms with van der Waals surface area (Å²) in [6.07, 6.45) is 0. The maximum atomic E-state index is 7.07. The first-order valence-electron chi connectivity index (χ1n) is 18.7. The van der Waals surface area contributed by atoms with Crippen molar-refractivity contribution in [2.24, 2.45) is 0 Å². The van der Waals surface area contributed by atoms with Crippen LogP contribution in [0.4, 0.5) is 17.1 Å². The van der Waals surface area contributed by atoms with Crippen LogP contribution in [-0.4, -0.2) is 0 Å². The lowest BCUT2D eigenvalue weighted by molar-refractivity contribution is 0.668. The van der Waals surface area contributed by atoms with E-state index in [0.29, 0.717) is 0 Å². The summed E-state index contributed by atoms with van der Waals surface area (Å²) in [5.74, 6) is 0. The first-order valence-corrected chi connectivity index (χ1v) is 18.7. The maximum absolute atomic E-state index is 7.07. The van der Waals surface area contributed by atoms with Gasteiger partial charge >= 0.3 is 0 Å². The van der Waals surface area contributed by atoms with E-state index in [9.17, 15) is 0 Å². The summed E-state index contributed by atoms with van der Waals surface area (Å²) in [5, 5.41) is 6.56. The van der Waals surface area contributed by atoms with Crippen LogP contribution < -0.4 is 4.90 Å². The van der Waals surface area contributed by atoms with E-state index in [1.54, 1.807) is 0 Å². The Morgan fingerprint density at radius 1 is 0.309 bits per heavy atom. The number of para-hydroxylation sites is 2. The molecule has 11 aromatic rings. The highest BCUT2D eigenvalue weighted by Gasteiger charge is 2.24. The van der Waals surface area contributed by atoms with Crippen molar-refractivity contribution in [3.05, 3.63) is 200 Å². The molecule has 0 amide bonds. The second kappa shape index (κ2) is 12.6. The first-order chi connectivity index (χ1) is 27.3. The van der Waals surface area contributed by atoms with Gasteiger partial charge in [-0.05, 0) is 81.2 Å². The molecule has 3 nitrogen and oxygen atoms in total. The van der Waals surface area contributed by atoms with Crippen LogP contribution in [-0.2, 0) is 0 Å². The van der Waals surface area contributed by atoms with Crippen molar-refractivity contribution < 1.29 is 8.83 Å². The molecule has 0 saturated heterocycles. The standard InChI is InChI=1S/C52H33NO2/c1-3-13-34(14-4-1)35-25-27-36(28-26-35)37-29-31-39(32-30-37)53(46-21-12-24-49-50(46)43-19-9-10-23-48(43)54-49)47-22-11-20-42-45-33-44(38-15-5-2-6-16-38)40-17-7-8-18-41(40)51(45)55-52(42)47/h1-33H. The van der Waals surface area contributed by atoms with E-state index in [2.05, 4.69) is 193 Å². The predicted molar refractivity (Wildman–Crippen MR) is 229 cm³/mol. The van der Waals surface area contributed by atoms with Crippen LogP contribution in [0.2, 0.25) is 0 Å². The molecule has 0 aliphatic heterocycles. The third-order valence-electron chi connectivity index (χ3n) is 10.9. The molecule has 258 valence electrons. The quantitative estimate of drug-likeness (QED) is 0.173. The largest absolute Gasteiger partial charge is 0.456 e. The molecule has 55 heavy (non-hydrogen) atoms. The highest BCUT2D eigenvalue weighted by molar-refractivity contribution is 6.22. The fourth-order valence-electron chi connectivity index (χ4n) is 8.28. The van der Waals surface area contributed by atoms with Gasteiger partial charge < -0.3 is 13.7 Å². The highest BCUT2D eigenvalue weighted by atomic mass is 16.3. The molecule has 0 unspecified atom stereocenters. The molecule has 0 fully saturated rings. The van der Waals surface area contributed by atoms with Crippen LogP contribution in [0.3, 0.4) is 0 Å². The summed E-state index contributed by atoms with van der Waals surface area (Å²) < 4.78 is 13.5. The number of anilines is 3. The van der Waals surface area contributed by atoms with Crippen molar-refractivity contribution in [2.45, 2.75) is 0 Å². The minimum absolute atomic E-state index is 0.832. The third kappa shape index (κ3) is 5.13. The minimum Gasteiger partial charge on any atom is -0.456 e. The zero-order valence-corrected chi connectivity index (χ0v) is 29.8. The van der Waals surface area contributed by atoms with Crippen LogP contribution in [0.25, 0.3) is 88.0 Å². The normalized spacial score (nSPS) is 11.6. The number of rotatable bonds is 6. The van der Waals surface area contributed by atoms with Gasteiger partial charge in [0.05, 0.1) is 16.8 Å². The summed E-state index contributed by atoms with van der Waals surface area (Å²) in [4.78, 5) is 2.33. The van der Waals surface area contributed by atoms with Gasteiger partial charge in [0.2, 0.25) is 0 Å². The summed E-state index contributed by atoms with van der Waals surface area (Å²) >= 11 is 0. The van der Waals surface area contributed by atoms with Gasteiger partial charge in [-0.2, -0.15) is 0 Å². The monoisotopic (exact) mass is 703 g/mol. The number of nitrogens with zero attached hydrogens (tertiary/aromatic N) is 1. The molecule has 0 atom stereocenters. The lowest BCUT2D eigenvalue weighted by Crippen LogP contribution is -2.10. The van der Waals surface area contributed by atoms with E-state index in [4.69, 9.17) is 8.83 Å². The van der Waals surface area contributed by atoms with Gasteiger partial charge in [-0.15, -0.1) is 0 Å². The molecule has 0 aliphatic carbocycles. The molecule has 2 heterocycles. The molecule has 0 N–H and O–H groups in total. The molecule has 9 aromatic carbocycles. The average molecular weight is 704 g/mol. The fraction of sp³-hybridized carbons (Fsp3) is 0. The molecule has 0 aliphatic rings. The molecular formula is C52H33NO2. The maximum Gasteiger partial charge on any atom is 0.159 e. The van der Waals surface area contributed by atoms with E-state index in [1.807, 2.05) is 12.1 Å². The van der Waals surface area contributed by atoms with E-state index in [-0.39, 0.29) is 0 Å². The van der Waals surface area contributed by atoms with Crippen molar-refractivity contribution in [2.75, 3.05) is 4.90 Å². The number of hydrogen-bond acceptors (Lipinski definition) is 3. The summed E-state index contributed by atoms with van der Waals surface area (Å²) in [6, 6.07) is 70.8. The highest BCUT2D eigenvalue weighted by Crippen LogP contribution is 2.48. The summed E-state index contributed by atoms with van der Waals surface area (Å²) in [7, 11) is 0. The van der Waals surface area contributed by atoms with Gasteiger partial charge in [0.25, 0.3) is 0 Å². The Kier molecular flexibility index (Phi) is 7.17. The molecule has 2 aromatic heterocycles. The zero-order chi connectivity index (χ0) is 36.3. The molecule has 0 radical (unpaired) electrons. The lowest BCUT2D eigenvalue weighted by atomic mass is 9.95. The van der Waals surface area contributed by atoms with Gasteiger partial charge in [0.1, 0.15) is 16.7 Å². The Morgan fingerprint density at radius 2 is 0.818 bits per heavy atom. The van der Waals surface area contributed by atoms with Crippen LogP contribution in [0, 0.1) is 0 Å². The Labute approximate surface area is 317 Å². The third-order valence-corrected chi connectivity index (χ3v) is 10.9. The predicted octanol–water partition coefficient (Wildman–Crippen LogP) is 15.1. The topological polar surface area (TPSA) is 29.5 Å². The smallest absolute Gasteiger partial charge is 0.159 e. The number of benzene rings is 9. The van der Waals surface area contributed by atoms with Crippen molar-refractivity contribution in [3.8, 4) is 33.4 Å². The van der Waals surface area contributed by atoms with Crippen LogP contribution >= 0.6 is 0 Å². The minimum atomic E-state index is 0.832. The van der Waals surface area contributed by atoms with Crippen molar-refractivity contribution in [1.29, 1.82) is 0 Å². The second-order valence-corrected chi connectivity index (χ2v) is 14.0. The van der Waals surface area contributed by atoms with E-state index >= 15 is 0 Å². The summed E-state index contributed by atoms with van der Waals surface area (Å²) in [6.45, 7) is 0. The van der Waals surface area contributed by atoms with Crippen LogP contribution in [0.1, 0.15) is 0 Å². The number of hydrogen-bond donors (Lipinski definition) is 0. The second-order valence-electron chi connectivity index (χ2n) is 14.0. The van der Waals surface area contributed by atoms with E-state index in [1.165, 1.54) is 33.2 Å². The van der Waals surface area contributed by atoms with Crippen molar-refractivity contribution in [3.63, 3.8) is 0 Å². The first kappa shape index (κ1) is 31.2. The molecule has 0 saturated carbocycles. The van der Waals surface area contributed by atoms with Gasteiger partial charge in [0, 0.05) is 27.2 Å². The van der Waals surface area contributed by atoms with Gasteiger partial charge in [-0.1, -0.05) is 158 Å². The number of fused-ring (bicyclic) bond motifs is 8. The Morgan fingerprint density at radius 3 is 1.55 bits per heavy atom. The zero-order valence-electron chi connectivity index (χ0n) is 29.8. The SMILES string of the molecule is c1ccc(-c2ccc(-c3ccc(N(c4cccc5c4oc4c6ccccc6c(-c6ccccc6)cc54)c4cccc5oc6ccccc6c45)cc3)cc2)cc1. The van der Waals surface area contributed by atoms with Gasteiger partial charge in [-0.3, -0.25) is 0 Å². The van der Waals surface area contributed by atoms with Gasteiger partial charge in [0.15, 0.2) is 5.58 Å². The van der Waals surface area contributed by atoms with Crippen molar-refractivity contribution >= 4 is 71.7 Å². The molecule has 3 heteroatoms. The van der Waals surface area contributed by atoms with Gasteiger partial charge in [-0.25, -0.2) is 0 Å². The molecule has 0 bridgehead atoms. The van der Waals surface area contributed by atoms with Crippen molar-refractivity contribution in [1.82, 2.24) is 0 Å². The molecular weight excluding hydrogens is 671 g/mol. The fourth-order valence-corrected chi connectivity index (χ4v) is 8.28. The molecule has 0 spiro atoms. The Balaban J connectivity index is 1.12. The average Bonchev–Trinajstić information content (AvgIpc) is 3.84. The van der Waals surface area contributed by atoms with Crippen LogP contribution in [0.15, 0.2) is 209 Å². The Hall–Kier alpha value is -7.36. The molecule has 11 rings (SSSR count). The van der Waals surface area contributed by atoms with E-state index in [0.717, 1.165) is 71.9 Å². The van der Waals surface area contributed by atoms with Crippen LogP contribution in [0.5, 0.6) is 0 Å².